The molecule has 0 bridgehead atoms. The van der Waals surface area contributed by atoms with Gasteiger partial charge in [-0.15, -0.1) is 0 Å². The van der Waals surface area contributed by atoms with Gasteiger partial charge in [-0.25, -0.2) is 0 Å². The Hall–Kier alpha value is -5.26. The van der Waals surface area contributed by atoms with Crippen LogP contribution in [0.5, 0.6) is 0 Å². The van der Waals surface area contributed by atoms with Gasteiger partial charge in [-0.05, 0) is 101 Å². The summed E-state index contributed by atoms with van der Waals surface area (Å²) in [6.45, 7) is 0. The molecular weight excluding hydrogens is 641 g/mol. The maximum atomic E-state index is 8.83. The Labute approximate surface area is 305 Å². The van der Waals surface area contributed by atoms with Gasteiger partial charge in [-0.3, -0.25) is 15.8 Å². The molecule has 2 atom stereocenters. The van der Waals surface area contributed by atoms with E-state index in [1.54, 1.807) is 0 Å². The molecule has 1 heterocycles. The van der Waals surface area contributed by atoms with E-state index in [0.717, 1.165) is 73.0 Å². The number of fused-ring (bicyclic) bond motifs is 1. The average molecular weight is 683 g/mol. The lowest BCUT2D eigenvalue weighted by Crippen LogP contribution is -2.44. The molecule has 5 heteroatoms. The van der Waals surface area contributed by atoms with E-state index in [2.05, 4.69) is 102 Å². The third-order valence-corrected chi connectivity index (χ3v) is 11.2. The topological polar surface area (TPSA) is 72.1 Å². The van der Waals surface area contributed by atoms with E-state index in [1.807, 2.05) is 42.5 Å². The van der Waals surface area contributed by atoms with E-state index in [-0.39, 0.29) is 12.1 Å². The largest absolute Gasteiger partial charge is 0.363 e. The third kappa shape index (κ3) is 7.17. The molecule has 0 aromatic heterocycles. The first kappa shape index (κ1) is 32.9. The summed E-state index contributed by atoms with van der Waals surface area (Å²) in [5.74, 6) is 1.02. The van der Waals surface area contributed by atoms with Gasteiger partial charge >= 0.3 is 0 Å². The fraction of sp³-hybridized carbons (Fsp3) is 0.196. The molecule has 4 aromatic rings. The maximum absolute atomic E-state index is 8.83. The van der Waals surface area contributed by atoms with Crippen LogP contribution < -0.4 is 5.32 Å². The van der Waals surface area contributed by atoms with Crippen LogP contribution in [0.1, 0.15) is 61.6 Å². The van der Waals surface area contributed by atoms with E-state index in [9.17, 15) is 0 Å². The van der Waals surface area contributed by atoms with Gasteiger partial charge in [-0.1, -0.05) is 139 Å². The zero-order valence-electron chi connectivity index (χ0n) is 28.7. The molecule has 3 N–H and O–H groups in total. The van der Waals surface area contributed by atoms with E-state index in [0.29, 0.717) is 10.1 Å². The number of rotatable bonds is 7. The van der Waals surface area contributed by atoms with E-state index in [1.165, 1.54) is 50.4 Å². The molecule has 3 aliphatic carbocycles. The predicted octanol–water partition coefficient (Wildman–Crippen LogP) is 11.4. The summed E-state index contributed by atoms with van der Waals surface area (Å²) in [6, 6.07) is 31.6. The molecule has 252 valence electrons. The molecule has 4 nitrogen and oxygen atoms in total. The van der Waals surface area contributed by atoms with Gasteiger partial charge < -0.3 is 5.32 Å². The molecule has 2 unspecified atom stereocenters. The molecule has 0 saturated carbocycles. The molecule has 1 aliphatic heterocycles. The Morgan fingerprint density at radius 2 is 1.53 bits per heavy atom. The van der Waals surface area contributed by atoms with Crippen LogP contribution >= 0.6 is 11.8 Å². The fourth-order valence-corrected chi connectivity index (χ4v) is 8.35. The van der Waals surface area contributed by atoms with Crippen molar-refractivity contribution in [2.45, 2.75) is 57.0 Å². The minimum absolute atomic E-state index is 0.0640. The summed E-state index contributed by atoms with van der Waals surface area (Å²) in [5, 5.41) is 24.4. The van der Waals surface area contributed by atoms with Gasteiger partial charge in [0, 0.05) is 16.7 Å². The summed E-state index contributed by atoms with van der Waals surface area (Å²) >= 11 is 1.19. The Balaban J connectivity index is 1.15. The highest BCUT2D eigenvalue weighted by molar-refractivity contribution is 8.27. The number of nitrogens with one attached hydrogen (secondary N) is 3. The number of benzene rings is 4. The van der Waals surface area contributed by atoms with Crippen LogP contribution in [0.25, 0.3) is 27.5 Å². The van der Waals surface area contributed by atoms with Crippen molar-refractivity contribution in [1.29, 1.82) is 10.8 Å². The van der Waals surface area contributed by atoms with Gasteiger partial charge in [0.15, 0.2) is 0 Å². The van der Waals surface area contributed by atoms with Crippen LogP contribution in [0.3, 0.4) is 0 Å². The number of allylic oxidation sites excluding steroid dienone is 7. The van der Waals surface area contributed by atoms with Gasteiger partial charge in [0.05, 0.1) is 12.1 Å². The first-order valence-electron chi connectivity index (χ1n) is 18.1. The summed E-state index contributed by atoms with van der Waals surface area (Å²) in [6.07, 6.45) is 25.6. The summed E-state index contributed by atoms with van der Waals surface area (Å²) in [4.78, 5) is 5.46. The third-order valence-electron chi connectivity index (χ3n) is 10.3. The molecule has 0 spiro atoms. The SMILES string of the molecule is N=C(SC(=N)c1cccc(-c2ccc3cccc(C4=C(C5CC(C6=CC=CCC6)NC(C6=CCCC=C6)=N5)C=CCC4)c3c2)c1)c1ccccc1. The van der Waals surface area contributed by atoms with Gasteiger partial charge in [-0.2, -0.15) is 0 Å². The Bertz CT molecular complexity index is 2230. The normalized spacial score (nSPS) is 20.0. The van der Waals surface area contributed by atoms with Crippen molar-refractivity contribution in [3.8, 4) is 11.1 Å². The monoisotopic (exact) mass is 682 g/mol. The molecule has 0 fully saturated rings. The Morgan fingerprint density at radius 1 is 0.725 bits per heavy atom. The van der Waals surface area contributed by atoms with Crippen LogP contribution in [0.15, 0.2) is 161 Å². The Morgan fingerprint density at radius 3 is 2.37 bits per heavy atom. The number of hydrogen-bond acceptors (Lipinski definition) is 5. The smallest absolute Gasteiger partial charge is 0.129 e. The number of amidine groups is 1. The van der Waals surface area contributed by atoms with Crippen molar-refractivity contribution >= 4 is 44.0 Å². The second kappa shape index (κ2) is 14.9. The van der Waals surface area contributed by atoms with E-state index in [4.69, 9.17) is 15.8 Å². The number of hydrogen-bond donors (Lipinski definition) is 3. The first-order valence-corrected chi connectivity index (χ1v) is 18.9. The summed E-state index contributed by atoms with van der Waals surface area (Å²) in [5.41, 5.74) is 10.5. The van der Waals surface area contributed by atoms with Crippen molar-refractivity contribution in [2.24, 2.45) is 4.99 Å². The van der Waals surface area contributed by atoms with Crippen LogP contribution in [0.4, 0.5) is 0 Å². The summed E-state index contributed by atoms with van der Waals surface area (Å²) in [7, 11) is 0. The van der Waals surface area contributed by atoms with Crippen molar-refractivity contribution in [1.82, 2.24) is 5.32 Å². The lowest BCUT2D eigenvalue weighted by Gasteiger charge is -2.35. The number of nitrogens with zero attached hydrogens (tertiary/aromatic N) is 1. The first-order chi connectivity index (χ1) is 25.1. The zero-order chi connectivity index (χ0) is 34.6. The minimum Gasteiger partial charge on any atom is -0.363 e. The van der Waals surface area contributed by atoms with Crippen molar-refractivity contribution in [2.75, 3.05) is 0 Å². The molecule has 0 saturated heterocycles. The molecule has 51 heavy (non-hydrogen) atoms. The zero-order valence-corrected chi connectivity index (χ0v) is 29.6. The maximum Gasteiger partial charge on any atom is 0.129 e. The van der Waals surface area contributed by atoms with E-state index >= 15 is 0 Å². The van der Waals surface area contributed by atoms with Crippen molar-refractivity contribution in [3.63, 3.8) is 0 Å². The number of thioether (sulfide) groups is 1. The molecule has 4 aromatic carbocycles. The van der Waals surface area contributed by atoms with E-state index < -0.39 is 0 Å². The standard InChI is InChI=1S/C46H42N4S/c47-44(33-16-6-2-7-17-33)51-45(48)37-22-12-21-35(28-37)36-27-26-31-20-13-25-39(41(31)29-36)38-23-10-11-24-40(38)43-30-42(32-14-4-1-5-15-32)49-46(50-43)34-18-8-3-9-19-34/h1-2,4,6-8,11-14,16-22,24-29,42-43,47-48H,3,5,9-10,15,23,30H2,(H,49,50). The quantitative estimate of drug-likeness (QED) is 0.134. The highest BCUT2D eigenvalue weighted by atomic mass is 32.2. The highest BCUT2D eigenvalue weighted by Gasteiger charge is 2.31. The lowest BCUT2D eigenvalue weighted by atomic mass is 9.82. The molecule has 0 radical (unpaired) electrons. The highest BCUT2D eigenvalue weighted by Crippen LogP contribution is 2.39. The molecule has 8 rings (SSSR count). The summed E-state index contributed by atoms with van der Waals surface area (Å²) < 4.78 is 0. The van der Waals surface area contributed by atoms with Crippen LogP contribution in [-0.2, 0) is 0 Å². The van der Waals surface area contributed by atoms with Gasteiger partial charge in [0.1, 0.15) is 15.9 Å². The number of aliphatic imine (C=N–C) groups is 1. The van der Waals surface area contributed by atoms with Crippen molar-refractivity contribution in [3.05, 3.63) is 173 Å². The van der Waals surface area contributed by atoms with Crippen LogP contribution in [-0.4, -0.2) is 28.0 Å². The minimum atomic E-state index is 0.0640. The van der Waals surface area contributed by atoms with Crippen LogP contribution in [0.2, 0.25) is 0 Å². The predicted molar refractivity (Wildman–Crippen MR) is 218 cm³/mol. The fourth-order valence-electron chi connectivity index (χ4n) is 7.64. The Kier molecular flexibility index (Phi) is 9.63. The van der Waals surface area contributed by atoms with Gasteiger partial charge in [0.25, 0.3) is 0 Å². The van der Waals surface area contributed by atoms with Gasteiger partial charge in [0.2, 0.25) is 0 Å². The molecule has 0 amide bonds. The molecule has 4 aliphatic rings. The lowest BCUT2D eigenvalue weighted by molar-refractivity contribution is 0.533. The second-order valence-electron chi connectivity index (χ2n) is 13.6. The second-order valence-corrected chi connectivity index (χ2v) is 14.6. The average Bonchev–Trinajstić information content (AvgIpc) is 3.21. The van der Waals surface area contributed by atoms with Crippen LogP contribution in [0, 0.1) is 10.8 Å². The molecular formula is C46H42N4S. The van der Waals surface area contributed by atoms with Crippen molar-refractivity contribution < 1.29 is 0 Å².